The second-order valence-electron chi connectivity index (χ2n) is 29.3. The molecule has 6 atom stereocenters. The van der Waals surface area contributed by atoms with E-state index in [9.17, 15) is 42.9 Å². The van der Waals surface area contributed by atoms with Crippen LogP contribution in [0, 0.1) is 0 Å². The predicted molar refractivity (Wildman–Crippen MR) is 420 cm³/mol. The molecule has 0 aromatic heterocycles. The largest absolute Gasteiger partial charge is 0.472 e. The molecule has 19 nitrogen and oxygen atoms in total. The number of amides is 4. The van der Waals surface area contributed by atoms with Crippen LogP contribution >= 0.6 is 15.6 Å². The lowest BCUT2D eigenvalue weighted by Gasteiger charge is -2.28. The molecule has 0 saturated carbocycles. The maximum atomic E-state index is 13.6. The molecule has 604 valence electrons. The van der Waals surface area contributed by atoms with Gasteiger partial charge in [0.25, 0.3) is 0 Å². The summed E-state index contributed by atoms with van der Waals surface area (Å²) in [7, 11) is -9.31. The summed E-state index contributed by atoms with van der Waals surface area (Å²) in [4.78, 5) is 88.5. The first-order valence-corrected chi connectivity index (χ1v) is 45.8. The van der Waals surface area contributed by atoms with Crippen LogP contribution in [0.1, 0.15) is 427 Å². The number of rotatable bonds is 80. The van der Waals surface area contributed by atoms with Crippen molar-refractivity contribution in [3.05, 3.63) is 0 Å². The lowest BCUT2D eigenvalue weighted by molar-refractivity contribution is -0.153. The monoisotopic (exact) mass is 1490 g/mol. The molecule has 0 aromatic rings. The molecule has 4 amide bonds. The molecule has 0 aliphatic carbocycles. The maximum Gasteiger partial charge on any atom is 0.472 e. The van der Waals surface area contributed by atoms with Crippen molar-refractivity contribution in [3.8, 4) is 0 Å². The van der Waals surface area contributed by atoms with Gasteiger partial charge >= 0.3 is 33.6 Å². The smallest absolute Gasteiger partial charge is 0.460 e. The van der Waals surface area contributed by atoms with E-state index in [1.807, 2.05) is 0 Å². The van der Waals surface area contributed by atoms with Crippen LogP contribution in [-0.4, -0.2) is 103 Å². The van der Waals surface area contributed by atoms with Crippen molar-refractivity contribution < 1.29 is 70.5 Å². The Labute approximate surface area is 624 Å². The lowest BCUT2D eigenvalue weighted by atomic mass is 9.99. The van der Waals surface area contributed by atoms with E-state index < -0.39 is 59.2 Å². The summed E-state index contributed by atoms with van der Waals surface area (Å²) in [6.45, 7) is 11.5. The third-order valence-electron chi connectivity index (χ3n) is 19.5. The molecule has 21 heteroatoms. The first-order chi connectivity index (χ1) is 49.6. The standard InChI is InChI=1S/C81H160N4O15P2/c1-7-13-19-25-31-37-39-43-49-55-61-77(86)84-73(75(59-53-47-41-33-27-21-15-9-3)99-79(88)63-57-51-45-35-29-23-17-11-5)65-69-95-101(91,92)97-71-67-82-81(90)83-68-72-98-102(93,94)96-70-66-74(85-78(87)62-56-50-44-40-38-32-26-20-14-8-2)76(60-54-48-42-34-28-22-16-10-4)100-80(89)64-58-52-46-36-30-24-18-12-6/h73-76H,7-72H2,1-6H3,(H,84,86)(H,85,87)(H,91,92)(H,93,94)(H2,82,83,90). The summed E-state index contributed by atoms with van der Waals surface area (Å²) in [5.41, 5.74) is 0. The van der Waals surface area contributed by atoms with E-state index in [0.717, 1.165) is 154 Å². The number of hydrogen-bond acceptors (Lipinski definition) is 13. The number of ether oxygens (including phenoxy) is 2. The van der Waals surface area contributed by atoms with Crippen LogP contribution in [0.5, 0.6) is 0 Å². The minimum atomic E-state index is -4.66. The third-order valence-corrected chi connectivity index (χ3v) is 21.5. The first kappa shape index (κ1) is 99.4. The van der Waals surface area contributed by atoms with Gasteiger partial charge in [-0.3, -0.25) is 37.3 Å². The second kappa shape index (κ2) is 73.9. The average molecular weight is 1490 g/mol. The Kier molecular flexibility index (Phi) is 72.0. The van der Waals surface area contributed by atoms with E-state index in [2.05, 4.69) is 62.8 Å². The number of carbonyl (C=O) groups excluding carboxylic acids is 5. The van der Waals surface area contributed by atoms with Crippen LogP contribution in [0.25, 0.3) is 0 Å². The molecule has 0 heterocycles. The van der Waals surface area contributed by atoms with Crippen molar-refractivity contribution in [2.75, 3.05) is 39.5 Å². The fraction of sp³-hybridized carbons (Fsp3) is 0.938. The van der Waals surface area contributed by atoms with Crippen molar-refractivity contribution in [2.24, 2.45) is 0 Å². The number of phosphoric acid groups is 2. The number of unbranched alkanes of at least 4 members (excludes halogenated alkanes) is 46. The Balaban J connectivity index is 5.78. The van der Waals surface area contributed by atoms with Gasteiger partial charge in [-0.1, -0.05) is 337 Å². The molecule has 0 aliphatic rings. The van der Waals surface area contributed by atoms with Crippen molar-refractivity contribution in [1.29, 1.82) is 0 Å². The lowest BCUT2D eigenvalue weighted by Crippen LogP contribution is -2.46. The number of carbonyl (C=O) groups is 5. The number of hydrogen-bond donors (Lipinski definition) is 6. The van der Waals surface area contributed by atoms with Gasteiger partial charge in [0.1, 0.15) is 12.2 Å². The van der Waals surface area contributed by atoms with Crippen LogP contribution in [0.2, 0.25) is 0 Å². The summed E-state index contributed by atoms with van der Waals surface area (Å²) < 4.78 is 60.2. The van der Waals surface area contributed by atoms with Crippen molar-refractivity contribution in [1.82, 2.24) is 21.3 Å². The van der Waals surface area contributed by atoms with Gasteiger partial charge in [-0.25, -0.2) is 13.9 Å². The number of phosphoric ester groups is 2. The molecule has 0 radical (unpaired) electrons. The van der Waals surface area contributed by atoms with Gasteiger partial charge in [-0.15, -0.1) is 0 Å². The molecular formula is C81H160N4O15P2. The summed E-state index contributed by atoms with van der Waals surface area (Å²) in [6.07, 6.45) is 59.0. The van der Waals surface area contributed by atoms with Crippen LogP contribution in [0.3, 0.4) is 0 Å². The highest BCUT2D eigenvalue weighted by Gasteiger charge is 2.31. The van der Waals surface area contributed by atoms with Gasteiger partial charge in [0.2, 0.25) is 11.8 Å². The van der Waals surface area contributed by atoms with Crippen molar-refractivity contribution in [3.63, 3.8) is 0 Å². The SMILES string of the molecule is CCCCCCCCCCCCC(=O)NC(CCOP(=O)(O)OCCNC(=O)NCCOP(=O)(O)OCCC(NC(=O)CCCCCCCCCCCC)C(CCCCCCCCCC)OC(=O)CCCCCCCCCC)C(CCCCCCCCCC)OC(=O)CCCCCCCCCC. The van der Waals surface area contributed by atoms with E-state index >= 15 is 0 Å². The van der Waals surface area contributed by atoms with E-state index in [1.54, 1.807) is 0 Å². The minimum Gasteiger partial charge on any atom is -0.460 e. The molecule has 0 bridgehead atoms. The Morgan fingerprint density at radius 1 is 0.284 bits per heavy atom. The second-order valence-corrected chi connectivity index (χ2v) is 32.2. The highest BCUT2D eigenvalue weighted by Crippen LogP contribution is 2.44. The minimum absolute atomic E-state index is 0.0909. The molecule has 0 spiro atoms. The zero-order valence-corrected chi connectivity index (χ0v) is 68.4. The van der Waals surface area contributed by atoms with Crippen molar-refractivity contribution >= 4 is 45.4 Å². The Morgan fingerprint density at radius 2 is 0.500 bits per heavy atom. The fourth-order valence-corrected chi connectivity index (χ4v) is 14.6. The third kappa shape index (κ3) is 67.9. The molecular weight excluding hydrogens is 1330 g/mol. The highest BCUT2D eigenvalue weighted by molar-refractivity contribution is 7.47. The van der Waals surface area contributed by atoms with E-state index in [-0.39, 0.29) is 75.7 Å². The van der Waals surface area contributed by atoms with Crippen LogP contribution in [0.15, 0.2) is 0 Å². The fourth-order valence-electron chi connectivity index (χ4n) is 13.1. The molecule has 0 aromatic carbocycles. The van der Waals surface area contributed by atoms with Crippen molar-refractivity contribution in [2.45, 2.75) is 451 Å². The van der Waals surface area contributed by atoms with E-state index in [0.29, 0.717) is 25.7 Å². The summed E-state index contributed by atoms with van der Waals surface area (Å²) in [5, 5.41) is 11.3. The maximum absolute atomic E-state index is 13.6. The van der Waals surface area contributed by atoms with E-state index in [4.69, 9.17) is 27.6 Å². The average Bonchev–Trinajstić information content (AvgIpc) is 0.895. The topological polar surface area (TPSA) is 263 Å². The normalized spacial score (nSPS) is 14.0. The summed E-state index contributed by atoms with van der Waals surface area (Å²) in [5.74, 6) is -0.941. The molecule has 102 heavy (non-hydrogen) atoms. The molecule has 0 aliphatic heterocycles. The molecule has 0 fully saturated rings. The Hall–Kier alpha value is -2.63. The van der Waals surface area contributed by atoms with Crippen LogP contribution < -0.4 is 21.3 Å². The number of nitrogens with one attached hydrogen (secondary N) is 4. The van der Waals surface area contributed by atoms with Gasteiger partial charge in [-0.05, 0) is 64.2 Å². The zero-order chi connectivity index (χ0) is 74.9. The zero-order valence-electron chi connectivity index (χ0n) is 66.6. The van der Waals surface area contributed by atoms with Crippen LogP contribution in [-0.2, 0) is 55.9 Å². The highest BCUT2D eigenvalue weighted by atomic mass is 31.2. The predicted octanol–water partition coefficient (Wildman–Crippen LogP) is 22.9. The van der Waals surface area contributed by atoms with Crippen LogP contribution in [0.4, 0.5) is 4.79 Å². The Bertz CT molecular complexity index is 1890. The van der Waals surface area contributed by atoms with Gasteiger partial charge in [0, 0.05) is 38.8 Å². The summed E-state index contributed by atoms with van der Waals surface area (Å²) in [6, 6.07) is -2.03. The Morgan fingerprint density at radius 3 is 0.755 bits per heavy atom. The van der Waals surface area contributed by atoms with Gasteiger partial charge in [0.15, 0.2) is 0 Å². The van der Waals surface area contributed by atoms with Gasteiger partial charge in [-0.2, -0.15) is 0 Å². The van der Waals surface area contributed by atoms with E-state index in [1.165, 1.54) is 180 Å². The quantitative estimate of drug-likeness (QED) is 0.0188. The molecule has 6 unspecified atom stereocenters. The summed E-state index contributed by atoms with van der Waals surface area (Å²) >= 11 is 0. The molecule has 0 saturated heterocycles. The molecule has 0 rings (SSSR count). The first-order valence-electron chi connectivity index (χ1n) is 42.8. The number of urea groups is 1. The van der Waals surface area contributed by atoms with Gasteiger partial charge < -0.3 is 40.5 Å². The molecule has 6 N–H and O–H groups in total. The number of esters is 2. The van der Waals surface area contributed by atoms with Gasteiger partial charge in [0.05, 0.1) is 38.5 Å².